The fraction of sp³-hybridized carbons (Fsp3) is 0.857. The summed E-state index contributed by atoms with van der Waals surface area (Å²) >= 11 is 3.67. The second-order valence-electron chi connectivity index (χ2n) is 2.48. The van der Waals surface area contributed by atoms with Gasteiger partial charge in [-0.2, -0.15) is 0 Å². The summed E-state index contributed by atoms with van der Waals surface area (Å²) in [5.74, 6) is 0. The van der Waals surface area contributed by atoms with Gasteiger partial charge in [-0.3, -0.25) is 4.79 Å². The zero-order valence-corrected chi connectivity index (χ0v) is 7.45. The molecule has 1 N–H and O–H groups in total. The summed E-state index contributed by atoms with van der Waals surface area (Å²) in [6, 6.07) is 0.507. The zero-order chi connectivity index (χ0) is 7.98. The van der Waals surface area contributed by atoms with Crippen molar-refractivity contribution in [3.63, 3.8) is 0 Å². The summed E-state index contributed by atoms with van der Waals surface area (Å²) in [5, 5.41) is 3.09. The van der Waals surface area contributed by atoms with E-state index in [2.05, 4.69) is 24.9 Å². The molecule has 10 heavy (non-hydrogen) atoms. The van der Waals surface area contributed by atoms with Gasteiger partial charge >= 0.3 is 0 Å². The number of hydrogen-bond donors (Lipinski definition) is 2. The second kappa shape index (κ2) is 5.74. The van der Waals surface area contributed by atoms with Gasteiger partial charge in [0.05, 0.1) is 0 Å². The van der Waals surface area contributed by atoms with Gasteiger partial charge in [0, 0.05) is 12.5 Å². The van der Waals surface area contributed by atoms with Gasteiger partial charge in [-0.05, 0) is 26.8 Å². The highest BCUT2D eigenvalue weighted by atomic mass is 32.1. The fourth-order valence-corrected chi connectivity index (χ4v) is 0.862. The standard InChI is InChI=1S/C7H15NOS/c1-6(8-2)4-3-5-7(9)10/h6,8H,3-5H2,1-2H3,(H,9,10)/t6-/m1/s1. The number of nitrogens with one attached hydrogen (secondary N) is 1. The van der Waals surface area contributed by atoms with Crippen LogP contribution in [0.3, 0.4) is 0 Å². The van der Waals surface area contributed by atoms with Crippen LogP contribution in [0.4, 0.5) is 0 Å². The first-order valence-electron chi connectivity index (χ1n) is 3.56. The molecule has 1 atom stereocenters. The average Bonchev–Trinajstić information content (AvgIpc) is 1.87. The highest BCUT2D eigenvalue weighted by Crippen LogP contribution is 2.01. The van der Waals surface area contributed by atoms with Crippen LogP contribution in [-0.2, 0) is 4.79 Å². The molecule has 0 aliphatic heterocycles. The zero-order valence-electron chi connectivity index (χ0n) is 6.55. The quantitative estimate of drug-likeness (QED) is 0.594. The Balaban J connectivity index is 3.11. The predicted octanol–water partition coefficient (Wildman–Crippen LogP) is 1.22. The molecule has 0 aliphatic rings. The molecular formula is C7H15NOS. The van der Waals surface area contributed by atoms with Crippen molar-refractivity contribution >= 4 is 17.7 Å². The third-order valence-corrected chi connectivity index (χ3v) is 1.74. The van der Waals surface area contributed by atoms with Gasteiger partial charge in [0.2, 0.25) is 0 Å². The van der Waals surface area contributed by atoms with Gasteiger partial charge in [-0.15, -0.1) is 12.6 Å². The molecule has 0 aromatic carbocycles. The number of hydrogen-bond acceptors (Lipinski definition) is 2. The van der Waals surface area contributed by atoms with Crippen molar-refractivity contribution in [1.82, 2.24) is 5.32 Å². The van der Waals surface area contributed by atoms with Crippen LogP contribution in [0, 0.1) is 0 Å². The molecule has 0 unspecified atom stereocenters. The first-order valence-corrected chi connectivity index (χ1v) is 4.00. The van der Waals surface area contributed by atoms with Gasteiger partial charge < -0.3 is 5.32 Å². The first kappa shape index (κ1) is 9.98. The molecule has 0 radical (unpaired) electrons. The molecular weight excluding hydrogens is 146 g/mol. The molecule has 0 spiro atoms. The molecule has 0 saturated carbocycles. The molecule has 2 nitrogen and oxygen atoms in total. The van der Waals surface area contributed by atoms with Crippen molar-refractivity contribution in [2.24, 2.45) is 0 Å². The Labute approximate surface area is 67.8 Å². The van der Waals surface area contributed by atoms with E-state index in [0.717, 1.165) is 12.8 Å². The minimum atomic E-state index is -0.0108. The van der Waals surface area contributed by atoms with E-state index >= 15 is 0 Å². The maximum atomic E-state index is 10.4. The predicted molar refractivity (Wildman–Crippen MR) is 46.4 cm³/mol. The SMILES string of the molecule is CN[C@H](C)CCCC(=O)S. The van der Waals surface area contributed by atoms with Crippen LogP contribution in [0.25, 0.3) is 0 Å². The minimum Gasteiger partial charge on any atom is -0.317 e. The number of thiol groups is 1. The fourth-order valence-electron chi connectivity index (χ4n) is 0.704. The maximum Gasteiger partial charge on any atom is 0.185 e. The van der Waals surface area contributed by atoms with Crippen LogP contribution in [0.15, 0.2) is 0 Å². The van der Waals surface area contributed by atoms with Crippen molar-refractivity contribution in [3.8, 4) is 0 Å². The number of rotatable bonds is 5. The molecule has 0 bridgehead atoms. The van der Waals surface area contributed by atoms with E-state index in [9.17, 15) is 4.79 Å². The van der Waals surface area contributed by atoms with E-state index in [-0.39, 0.29) is 5.12 Å². The van der Waals surface area contributed by atoms with Crippen LogP contribution in [0.2, 0.25) is 0 Å². The van der Waals surface area contributed by atoms with Crippen LogP contribution in [-0.4, -0.2) is 18.2 Å². The summed E-state index contributed by atoms with van der Waals surface area (Å²) in [4.78, 5) is 10.4. The smallest absolute Gasteiger partial charge is 0.185 e. The highest BCUT2D eigenvalue weighted by molar-refractivity contribution is 7.96. The van der Waals surface area contributed by atoms with Gasteiger partial charge in [-0.25, -0.2) is 0 Å². The first-order chi connectivity index (χ1) is 4.66. The molecule has 0 rings (SSSR count). The summed E-state index contributed by atoms with van der Waals surface area (Å²) < 4.78 is 0. The maximum absolute atomic E-state index is 10.4. The Bertz CT molecular complexity index is 106. The normalized spacial score (nSPS) is 13.1. The number of carbonyl (C=O) groups is 1. The van der Waals surface area contributed by atoms with E-state index in [1.54, 1.807) is 0 Å². The molecule has 0 aliphatic carbocycles. The summed E-state index contributed by atoms with van der Waals surface area (Å²) in [7, 11) is 1.92. The van der Waals surface area contributed by atoms with Crippen LogP contribution >= 0.6 is 12.6 Å². The Morgan fingerprint density at radius 3 is 2.70 bits per heavy atom. The minimum absolute atomic E-state index is 0.0108. The molecule has 0 amide bonds. The van der Waals surface area contributed by atoms with Crippen LogP contribution in [0.5, 0.6) is 0 Å². The highest BCUT2D eigenvalue weighted by Gasteiger charge is 1.98. The monoisotopic (exact) mass is 161 g/mol. The van der Waals surface area contributed by atoms with Crippen molar-refractivity contribution in [2.45, 2.75) is 32.2 Å². The van der Waals surface area contributed by atoms with Crippen molar-refractivity contribution in [1.29, 1.82) is 0 Å². The van der Waals surface area contributed by atoms with Crippen molar-refractivity contribution in [3.05, 3.63) is 0 Å². The van der Waals surface area contributed by atoms with Crippen molar-refractivity contribution in [2.75, 3.05) is 7.05 Å². The van der Waals surface area contributed by atoms with E-state index in [1.165, 1.54) is 0 Å². The average molecular weight is 161 g/mol. The molecule has 0 aromatic heterocycles. The molecule has 0 fully saturated rings. The summed E-state index contributed by atoms with van der Waals surface area (Å²) in [6.07, 6.45) is 2.57. The summed E-state index contributed by atoms with van der Waals surface area (Å²) in [6.45, 7) is 2.10. The van der Waals surface area contributed by atoms with Gasteiger partial charge in [-0.1, -0.05) is 0 Å². The molecule has 0 aromatic rings. The Hall–Kier alpha value is -0.0200. The molecule has 0 saturated heterocycles. The topological polar surface area (TPSA) is 29.1 Å². The Morgan fingerprint density at radius 1 is 1.70 bits per heavy atom. The lowest BCUT2D eigenvalue weighted by molar-refractivity contribution is -0.110. The Morgan fingerprint density at radius 2 is 2.30 bits per heavy atom. The van der Waals surface area contributed by atoms with E-state index in [4.69, 9.17) is 0 Å². The van der Waals surface area contributed by atoms with Gasteiger partial charge in [0.25, 0.3) is 0 Å². The van der Waals surface area contributed by atoms with E-state index < -0.39 is 0 Å². The van der Waals surface area contributed by atoms with E-state index in [1.807, 2.05) is 7.05 Å². The lowest BCUT2D eigenvalue weighted by Gasteiger charge is -2.07. The molecule has 60 valence electrons. The lowest BCUT2D eigenvalue weighted by Crippen LogP contribution is -2.20. The third-order valence-electron chi connectivity index (χ3n) is 1.52. The van der Waals surface area contributed by atoms with Crippen molar-refractivity contribution < 1.29 is 4.79 Å². The Kier molecular flexibility index (Phi) is 5.73. The molecule has 3 heteroatoms. The van der Waals surface area contributed by atoms with Crippen LogP contribution in [0.1, 0.15) is 26.2 Å². The molecule has 0 heterocycles. The van der Waals surface area contributed by atoms with Gasteiger partial charge in [0.15, 0.2) is 5.12 Å². The number of carbonyl (C=O) groups excluding carboxylic acids is 1. The second-order valence-corrected chi connectivity index (χ2v) is 2.97. The van der Waals surface area contributed by atoms with E-state index in [0.29, 0.717) is 12.5 Å². The van der Waals surface area contributed by atoms with Gasteiger partial charge in [0.1, 0.15) is 0 Å². The largest absolute Gasteiger partial charge is 0.317 e. The lowest BCUT2D eigenvalue weighted by atomic mass is 10.1. The van der Waals surface area contributed by atoms with Crippen LogP contribution < -0.4 is 5.32 Å². The summed E-state index contributed by atoms with van der Waals surface area (Å²) in [5.41, 5.74) is 0. The third kappa shape index (κ3) is 6.11.